The first-order valence-electron chi connectivity index (χ1n) is 10.2. The first kappa shape index (κ1) is 17.9. The van der Waals surface area contributed by atoms with Gasteiger partial charge in [-0.2, -0.15) is 0 Å². The fourth-order valence-corrected chi connectivity index (χ4v) is 4.77. The zero-order valence-electron chi connectivity index (χ0n) is 16.2. The van der Waals surface area contributed by atoms with Gasteiger partial charge in [-0.05, 0) is 65.6 Å². The van der Waals surface area contributed by atoms with Crippen molar-refractivity contribution in [1.82, 2.24) is 15.6 Å². The molecule has 0 spiro atoms. The summed E-state index contributed by atoms with van der Waals surface area (Å²) in [7, 11) is 0. The van der Waals surface area contributed by atoms with Gasteiger partial charge in [0.25, 0.3) is 5.91 Å². The molecule has 1 aliphatic carbocycles. The van der Waals surface area contributed by atoms with Gasteiger partial charge in [-0.3, -0.25) is 14.6 Å². The van der Waals surface area contributed by atoms with E-state index in [0.29, 0.717) is 12.5 Å². The quantitative estimate of drug-likeness (QED) is 0.745. The van der Waals surface area contributed by atoms with Crippen LogP contribution in [0.2, 0.25) is 0 Å². The predicted octanol–water partition coefficient (Wildman–Crippen LogP) is 2.23. The Morgan fingerprint density at radius 3 is 2.93 bits per heavy atom. The highest BCUT2D eigenvalue weighted by Crippen LogP contribution is 2.54. The monoisotopic (exact) mass is 388 g/mol. The summed E-state index contributed by atoms with van der Waals surface area (Å²) >= 11 is 0. The summed E-state index contributed by atoms with van der Waals surface area (Å²) < 4.78 is 0. The van der Waals surface area contributed by atoms with Gasteiger partial charge in [0.05, 0.1) is 0 Å². The van der Waals surface area contributed by atoms with Crippen LogP contribution in [0.25, 0.3) is 6.08 Å². The third-order valence-corrected chi connectivity index (χ3v) is 6.40. The number of carbonyl (C=O) groups excluding carboxylic acids is 2. The van der Waals surface area contributed by atoms with Gasteiger partial charge >= 0.3 is 0 Å². The fraction of sp³-hybridized carbons (Fsp3) is 0.348. The topological polar surface area (TPSA) is 74.3 Å². The minimum Gasteiger partial charge on any atom is -0.371 e. The predicted molar refractivity (Wildman–Crippen MR) is 111 cm³/mol. The average Bonchev–Trinajstić information content (AvgIpc) is 3.07. The number of nitrogens with zero attached hydrogens (tertiary/aromatic N) is 2. The van der Waals surface area contributed by atoms with Crippen LogP contribution in [0, 0.1) is 17.8 Å². The Balaban J connectivity index is 1.06. The molecule has 0 radical (unpaired) electrons. The van der Waals surface area contributed by atoms with Crippen LogP contribution in [-0.2, 0) is 11.3 Å². The molecule has 3 aliphatic rings. The van der Waals surface area contributed by atoms with Crippen LogP contribution in [0.3, 0.4) is 0 Å². The van der Waals surface area contributed by atoms with E-state index in [2.05, 4.69) is 32.7 Å². The van der Waals surface area contributed by atoms with Gasteiger partial charge in [0.2, 0.25) is 5.91 Å². The normalized spacial score (nSPS) is 24.3. The van der Waals surface area contributed by atoms with E-state index in [0.717, 1.165) is 54.6 Å². The van der Waals surface area contributed by atoms with E-state index in [-0.39, 0.29) is 11.8 Å². The van der Waals surface area contributed by atoms with E-state index in [4.69, 9.17) is 0 Å². The van der Waals surface area contributed by atoms with Crippen molar-refractivity contribution in [2.24, 2.45) is 17.8 Å². The van der Waals surface area contributed by atoms with Crippen LogP contribution < -0.4 is 15.5 Å². The molecule has 0 unspecified atom stereocenters. The molecule has 6 nitrogen and oxygen atoms in total. The van der Waals surface area contributed by atoms with Gasteiger partial charge in [0.15, 0.2) is 0 Å². The first-order chi connectivity index (χ1) is 14.2. The number of fused-ring (bicyclic) bond motifs is 2. The molecule has 29 heavy (non-hydrogen) atoms. The number of pyridine rings is 1. The maximum absolute atomic E-state index is 12.0. The van der Waals surface area contributed by atoms with Crippen LogP contribution in [0.4, 0.5) is 5.69 Å². The molecule has 1 saturated heterocycles. The molecular weight excluding hydrogens is 364 g/mol. The lowest BCUT2D eigenvalue weighted by Crippen LogP contribution is -2.26. The Bertz CT molecular complexity index is 960. The Labute approximate surface area is 170 Å². The highest BCUT2D eigenvalue weighted by Gasteiger charge is 2.54. The largest absolute Gasteiger partial charge is 0.371 e. The number of anilines is 1. The maximum atomic E-state index is 12.0. The Kier molecular flexibility index (Phi) is 4.54. The molecule has 148 valence electrons. The molecule has 1 saturated carbocycles. The van der Waals surface area contributed by atoms with Gasteiger partial charge in [0, 0.05) is 55.9 Å². The second-order valence-electron chi connectivity index (χ2n) is 8.12. The molecule has 2 N–H and O–H groups in total. The van der Waals surface area contributed by atoms with Crippen molar-refractivity contribution in [2.45, 2.75) is 13.0 Å². The Morgan fingerprint density at radius 2 is 2.14 bits per heavy atom. The van der Waals surface area contributed by atoms with Crippen molar-refractivity contribution in [3.8, 4) is 0 Å². The molecule has 2 fully saturated rings. The van der Waals surface area contributed by atoms with Crippen molar-refractivity contribution in [1.29, 1.82) is 0 Å². The van der Waals surface area contributed by atoms with Crippen molar-refractivity contribution in [2.75, 3.05) is 24.5 Å². The number of carbonyl (C=O) groups is 2. The highest BCUT2D eigenvalue weighted by atomic mass is 16.2. The van der Waals surface area contributed by atoms with E-state index < -0.39 is 0 Å². The smallest absolute Gasteiger partial charge is 0.251 e. The molecule has 2 aromatic rings. The van der Waals surface area contributed by atoms with Crippen molar-refractivity contribution >= 4 is 23.6 Å². The summed E-state index contributed by atoms with van der Waals surface area (Å²) in [6.45, 7) is 3.51. The minimum atomic E-state index is -0.0532. The summed E-state index contributed by atoms with van der Waals surface area (Å²) in [6.07, 6.45) is 7.84. The van der Waals surface area contributed by atoms with Crippen LogP contribution in [0.15, 0.2) is 48.8 Å². The maximum Gasteiger partial charge on any atom is 0.251 e. The summed E-state index contributed by atoms with van der Waals surface area (Å²) in [5.41, 5.74) is 4.06. The number of nitrogens with one attached hydrogen (secondary N) is 2. The van der Waals surface area contributed by atoms with Gasteiger partial charge < -0.3 is 15.5 Å². The van der Waals surface area contributed by atoms with E-state index in [1.165, 1.54) is 5.69 Å². The van der Waals surface area contributed by atoms with Crippen molar-refractivity contribution in [3.05, 3.63) is 65.5 Å². The summed E-state index contributed by atoms with van der Waals surface area (Å²) in [5.74, 6) is 2.15. The fourth-order valence-electron chi connectivity index (χ4n) is 4.77. The van der Waals surface area contributed by atoms with E-state index in [1.54, 1.807) is 24.5 Å². The van der Waals surface area contributed by atoms with Gasteiger partial charge in [-0.25, -0.2) is 0 Å². The van der Waals surface area contributed by atoms with Crippen molar-refractivity contribution in [3.63, 3.8) is 0 Å². The van der Waals surface area contributed by atoms with E-state index >= 15 is 0 Å². The molecule has 0 bridgehead atoms. The zero-order chi connectivity index (χ0) is 19.8. The van der Waals surface area contributed by atoms with Crippen LogP contribution in [-0.4, -0.2) is 36.4 Å². The average molecular weight is 388 g/mol. The summed E-state index contributed by atoms with van der Waals surface area (Å²) in [4.78, 5) is 30.1. The highest BCUT2D eigenvalue weighted by molar-refractivity contribution is 5.98. The molecule has 3 heterocycles. The number of benzene rings is 1. The molecule has 6 heteroatoms. The molecular formula is C23H24N4O2. The van der Waals surface area contributed by atoms with Crippen molar-refractivity contribution < 1.29 is 9.59 Å². The number of hydrogen-bond donors (Lipinski definition) is 2. The molecule has 1 aromatic heterocycles. The third-order valence-electron chi connectivity index (χ3n) is 6.40. The standard InChI is InChI=1S/C23H24N4O2/c28-22(6-3-15-2-1-8-24-11-15)25-9-7-19-20-13-27(14-21(19)20)17-4-5-18-16(10-17)12-26-23(18)29/h1-6,8,10-11,19-21H,7,9,12-14H2,(H,25,28)(H,26,29)/b6-3+/t19-,20-,21+. The second-order valence-corrected chi connectivity index (χ2v) is 8.12. The van der Waals surface area contributed by atoms with Gasteiger partial charge in [-0.1, -0.05) is 6.07 Å². The van der Waals surface area contributed by atoms with E-state index in [1.807, 2.05) is 18.2 Å². The number of piperidine rings is 1. The second kappa shape index (κ2) is 7.35. The third kappa shape index (κ3) is 3.62. The molecule has 5 rings (SSSR count). The van der Waals surface area contributed by atoms with Crippen LogP contribution in [0.5, 0.6) is 0 Å². The van der Waals surface area contributed by atoms with Crippen LogP contribution >= 0.6 is 0 Å². The number of aromatic nitrogens is 1. The molecule has 1 aromatic carbocycles. The first-order valence-corrected chi connectivity index (χ1v) is 10.2. The lowest BCUT2D eigenvalue weighted by atomic mass is 10.1. The van der Waals surface area contributed by atoms with Gasteiger partial charge in [-0.15, -0.1) is 0 Å². The SMILES string of the molecule is O=C(/C=C/c1cccnc1)NCC[C@@H]1[C@H]2CN(c3ccc4c(c3)CNC4=O)C[C@@H]12. The lowest BCUT2D eigenvalue weighted by molar-refractivity contribution is -0.116. The molecule has 3 atom stereocenters. The van der Waals surface area contributed by atoms with Gasteiger partial charge in [0.1, 0.15) is 0 Å². The summed E-state index contributed by atoms with van der Waals surface area (Å²) in [6, 6.07) is 9.94. The Hall–Kier alpha value is -3.15. The zero-order valence-corrected chi connectivity index (χ0v) is 16.2. The Morgan fingerprint density at radius 1 is 1.28 bits per heavy atom. The molecule has 2 amide bonds. The number of amides is 2. The minimum absolute atomic E-state index is 0.0354. The van der Waals surface area contributed by atoms with Crippen LogP contribution in [0.1, 0.15) is 27.9 Å². The number of hydrogen-bond acceptors (Lipinski definition) is 4. The lowest BCUT2D eigenvalue weighted by Gasteiger charge is -2.22. The number of rotatable bonds is 6. The van der Waals surface area contributed by atoms with E-state index in [9.17, 15) is 9.59 Å². The molecule has 2 aliphatic heterocycles. The summed E-state index contributed by atoms with van der Waals surface area (Å²) in [5, 5.41) is 5.87.